The summed E-state index contributed by atoms with van der Waals surface area (Å²) in [5.41, 5.74) is 11.4. The summed E-state index contributed by atoms with van der Waals surface area (Å²) in [6.07, 6.45) is 2.99. The van der Waals surface area contributed by atoms with Crippen molar-refractivity contribution in [2.24, 2.45) is 11.5 Å². The maximum absolute atomic E-state index is 6.11. The fraction of sp³-hybridized carbons (Fsp3) is 1.00. The number of hydrogen-bond donors (Lipinski definition) is 2. The monoisotopic (exact) mass is 159 g/mol. The lowest BCUT2D eigenvalue weighted by molar-refractivity contribution is 0.135. The van der Waals surface area contributed by atoms with Gasteiger partial charge in [0.25, 0.3) is 0 Å². The largest absolute Gasteiger partial charge is 0.330 e. The normalized spacial score (nSPS) is 16.9. The molecule has 0 radical (unpaired) electrons. The summed E-state index contributed by atoms with van der Waals surface area (Å²) in [6.45, 7) is 2.80. The fourth-order valence-corrected chi connectivity index (χ4v) is 1.26. The van der Waals surface area contributed by atoms with Gasteiger partial charge in [-0.2, -0.15) is 0 Å². The molecule has 0 aliphatic carbocycles. The Bertz CT molecular complexity index is 95.5. The molecule has 0 aliphatic heterocycles. The molecular weight excluding hydrogens is 138 g/mol. The minimum atomic E-state index is -0.191. The van der Waals surface area contributed by atoms with E-state index in [0.29, 0.717) is 6.54 Å². The first-order valence-corrected chi connectivity index (χ1v) is 4.23. The van der Waals surface area contributed by atoms with Crippen LogP contribution in [0, 0.1) is 0 Å². The van der Waals surface area contributed by atoms with Crippen LogP contribution in [0.4, 0.5) is 0 Å². The SMILES string of the molecule is CCCC(N)(CCN)N(C)C. The highest BCUT2D eigenvalue weighted by atomic mass is 15.2. The van der Waals surface area contributed by atoms with Crippen LogP contribution in [-0.2, 0) is 0 Å². The van der Waals surface area contributed by atoms with Gasteiger partial charge in [0.2, 0.25) is 0 Å². The summed E-state index contributed by atoms with van der Waals surface area (Å²) in [4.78, 5) is 2.06. The lowest BCUT2D eigenvalue weighted by Gasteiger charge is -2.35. The van der Waals surface area contributed by atoms with Crippen molar-refractivity contribution in [3.63, 3.8) is 0 Å². The number of nitrogens with zero attached hydrogens (tertiary/aromatic N) is 1. The summed E-state index contributed by atoms with van der Waals surface area (Å²) < 4.78 is 0. The van der Waals surface area contributed by atoms with E-state index >= 15 is 0 Å². The molecule has 0 amide bonds. The molecule has 0 saturated carbocycles. The summed E-state index contributed by atoms with van der Waals surface area (Å²) >= 11 is 0. The maximum Gasteiger partial charge on any atom is 0.0694 e. The number of nitrogens with two attached hydrogens (primary N) is 2. The van der Waals surface area contributed by atoms with Gasteiger partial charge < -0.3 is 11.5 Å². The molecule has 0 saturated heterocycles. The van der Waals surface area contributed by atoms with E-state index in [-0.39, 0.29) is 5.66 Å². The van der Waals surface area contributed by atoms with Crippen LogP contribution in [0.3, 0.4) is 0 Å². The highest BCUT2D eigenvalue weighted by molar-refractivity contribution is 4.80. The fourth-order valence-electron chi connectivity index (χ4n) is 1.26. The highest BCUT2D eigenvalue weighted by Gasteiger charge is 2.24. The molecule has 0 heterocycles. The summed E-state index contributed by atoms with van der Waals surface area (Å²) in [6, 6.07) is 0. The van der Waals surface area contributed by atoms with Gasteiger partial charge in [0.15, 0.2) is 0 Å². The Hall–Kier alpha value is -0.120. The second-order valence-electron chi connectivity index (χ2n) is 3.29. The van der Waals surface area contributed by atoms with Crippen LogP contribution in [0.2, 0.25) is 0 Å². The van der Waals surface area contributed by atoms with Gasteiger partial charge in [-0.25, -0.2) is 0 Å². The third-order valence-electron chi connectivity index (χ3n) is 2.15. The van der Waals surface area contributed by atoms with Crippen LogP contribution in [0.1, 0.15) is 26.2 Å². The number of hydrogen-bond acceptors (Lipinski definition) is 3. The molecular formula is C8H21N3. The number of rotatable bonds is 5. The molecule has 1 atom stereocenters. The zero-order valence-electron chi connectivity index (χ0n) is 7.93. The molecule has 3 heteroatoms. The van der Waals surface area contributed by atoms with E-state index in [1.807, 2.05) is 14.1 Å². The summed E-state index contributed by atoms with van der Waals surface area (Å²) in [5.74, 6) is 0. The average Bonchev–Trinajstić information content (AvgIpc) is 1.88. The third kappa shape index (κ3) is 3.18. The standard InChI is InChI=1S/C8H21N3/c1-4-5-8(10,6-7-9)11(2)3/h4-7,9-10H2,1-3H3. The second kappa shape index (κ2) is 4.70. The molecule has 0 aliphatic rings. The Labute approximate surface area is 69.7 Å². The van der Waals surface area contributed by atoms with Crippen molar-refractivity contribution >= 4 is 0 Å². The Kier molecular flexibility index (Phi) is 4.65. The van der Waals surface area contributed by atoms with E-state index in [9.17, 15) is 0 Å². The van der Waals surface area contributed by atoms with Gasteiger partial charge in [-0.15, -0.1) is 0 Å². The van der Waals surface area contributed by atoms with Crippen molar-refractivity contribution in [3.05, 3.63) is 0 Å². The molecule has 0 bridgehead atoms. The first-order chi connectivity index (χ1) is 5.06. The summed E-state index contributed by atoms with van der Waals surface area (Å²) in [5, 5.41) is 0. The van der Waals surface area contributed by atoms with Crippen molar-refractivity contribution in [2.45, 2.75) is 31.8 Å². The Balaban J connectivity index is 4.01. The van der Waals surface area contributed by atoms with Crippen LogP contribution >= 0.6 is 0 Å². The molecule has 0 aromatic carbocycles. The predicted octanol–water partition coefficient (Wildman–Crippen LogP) is 0.352. The Morgan fingerprint density at radius 1 is 1.27 bits per heavy atom. The first-order valence-electron chi connectivity index (χ1n) is 4.23. The molecule has 0 spiro atoms. The smallest absolute Gasteiger partial charge is 0.0694 e. The van der Waals surface area contributed by atoms with Crippen LogP contribution in [0.25, 0.3) is 0 Å². The topological polar surface area (TPSA) is 55.3 Å². The van der Waals surface area contributed by atoms with E-state index in [1.165, 1.54) is 0 Å². The van der Waals surface area contributed by atoms with Crippen LogP contribution < -0.4 is 11.5 Å². The average molecular weight is 159 g/mol. The van der Waals surface area contributed by atoms with Gasteiger partial charge in [0.05, 0.1) is 5.66 Å². The van der Waals surface area contributed by atoms with Crippen molar-refractivity contribution < 1.29 is 0 Å². The van der Waals surface area contributed by atoms with Crippen molar-refractivity contribution in [3.8, 4) is 0 Å². The van der Waals surface area contributed by atoms with Gasteiger partial charge in [-0.3, -0.25) is 4.90 Å². The molecule has 0 fully saturated rings. The van der Waals surface area contributed by atoms with E-state index in [0.717, 1.165) is 19.3 Å². The molecule has 1 unspecified atom stereocenters. The van der Waals surface area contributed by atoms with Gasteiger partial charge in [-0.05, 0) is 33.5 Å². The third-order valence-corrected chi connectivity index (χ3v) is 2.15. The highest BCUT2D eigenvalue weighted by Crippen LogP contribution is 2.15. The molecule has 68 valence electrons. The predicted molar refractivity (Wildman–Crippen MR) is 49.2 cm³/mol. The molecule has 11 heavy (non-hydrogen) atoms. The molecule has 3 nitrogen and oxygen atoms in total. The molecule has 0 aromatic rings. The maximum atomic E-state index is 6.11. The van der Waals surface area contributed by atoms with E-state index in [4.69, 9.17) is 11.5 Å². The first kappa shape index (κ1) is 10.9. The lowest BCUT2D eigenvalue weighted by Crippen LogP contribution is -2.53. The lowest BCUT2D eigenvalue weighted by atomic mass is 10.00. The minimum Gasteiger partial charge on any atom is -0.330 e. The Morgan fingerprint density at radius 2 is 1.82 bits per heavy atom. The van der Waals surface area contributed by atoms with Crippen molar-refractivity contribution in [2.75, 3.05) is 20.6 Å². The van der Waals surface area contributed by atoms with Gasteiger partial charge in [0, 0.05) is 0 Å². The van der Waals surface area contributed by atoms with E-state index in [2.05, 4.69) is 11.8 Å². The van der Waals surface area contributed by atoms with Crippen LogP contribution in [0.5, 0.6) is 0 Å². The summed E-state index contributed by atoms with van der Waals surface area (Å²) in [7, 11) is 4.01. The van der Waals surface area contributed by atoms with E-state index < -0.39 is 0 Å². The second-order valence-corrected chi connectivity index (χ2v) is 3.29. The van der Waals surface area contributed by atoms with Crippen molar-refractivity contribution in [1.82, 2.24) is 4.90 Å². The molecule has 0 rings (SSSR count). The molecule has 0 aromatic heterocycles. The zero-order valence-corrected chi connectivity index (χ0v) is 7.93. The zero-order chi connectivity index (χ0) is 8.91. The Morgan fingerprint density at radius 3 is 2.09 bits per heavy atom. The van der Waals surface area contributed by atoms with Gasteiger partial charge in [-0.1, -0.05) is 13.3 Å². The van der Waals surface area contributed by atoms with Crippen molar-refractivity contribution in [1.29, 1.82) is 0 Å². The van der Waals surface area contributed by atoms with Gasteiger partial charge >= 0.3 is 0 Å². The van der Waals surface area contributed by atoms with Crippen LogP contribution in [0.15, 0.2) is 0 Å². The van der Waals surface area contributed by atoms with E-state index in [1.54, 1.807) is 0 Å². The van der Waals surface area contributed by atoms with Crippen LogP contribution in [-0.4, -0.2) is 31.2 Å². The van der Waals surface area contributed by atoms with Gasteiger partial charge in [0.1, 0.15) is 0 Å². The quantitative estimate of drug-likeness (QED) is 0.569. The minimum absolute atomic E-state index is 0.191. The molecule has 4 N–H and O–H groups in total.